The fourth-order valence-corrected chi connectivity index (χ4v) is 4.13. The van der Waals surface area contributed by atoms with Gasteiger partial charge in [0.1, 0.15) is 17.4 Å². The first-order valence-electron chi connectivity index (χ1n) is 11.2. The molecule has 1 aromatic rings. The van der Waals surface area contributed by atoms with Gasteiger partial charge in [0.2, 0.25) is 11.8 Å². The van der Waals surface area contributed by atoms with E-state index < -0.39 is 6.04 Å². The third-order valence-corrected chi connectivity index (χ3v) is 6.32. The zero-order valence-electron chi connectivity index (χ0n) is 19.0. The van der Waals surface area contributed by atoms with Crippen molar-refractivity contribution in [3.05, 3.63) is 17.8 Å². The number of aromatic nitrogens is 1. The summed E-state index contributed by atoms with van der Waals surface area (Å²) in [4.78, 5) is 32.2. The van der Waals surface area contributed by atoms with Crippen LogP contribution in [0.25, 0.3) is 0 Å². The van der Waals surface area contributed by atoms with Gasteiger partial charge in [-0.2, -0.15) is 0 Å². The number of carbonyl (C=O) groups excluding carboxylic acids is 2. The lowest BCUT2D eigenvalue weighted by atomic mass is 9.82. The van der Waals surface area contributed by atoms with Crippen LogP contribution in [-0.2, 0) is 9.53 Å². The maximum absolute atomic E-state index is 13.0. The number of hydrogen-bond acceptors (Lipinski definition) is 6. The largest absolute Gasteiger partial charge is 0.476 e. The van der Waals surface area contributed by atoms with E-state index in [9.17, 15) is 9.59 Å². The summed E-state index contributed by atoms with van der Waals surface area (Å²) in [6.45, 7) is 9.11. The van der Waals surface area contributed by atoms with E-state index in [4.69, 9.17) is 9.47 Å². The molecular formula is C23H34N4O4. The van der Waals surface area contributed by atoms with E-state index in [2.05, 4.69) is 20.5 Å². The van der Waals surface area contributed by atoms with Gasteiger partial charge in [-0.1, -0.05) is 20.8 Å². The molecule has 1 aliphatic carbocycles. The predicted molar refractivity (Wildman–Crippen MR) is 117 cm³/mol. The van der Waals surface area contributed by atoms with Crippen molar-refractivity contribution in [3.8, 4) is 5.88 Å². The molecule has 8 heteroatoms. The van der Waals surface area contributed by atoms with Crippen LogP contribution < -0.4 is 20.3 Å². The Morgan fingerprint density at radius 2 is 2.06 bits per heavy atom. The molecule has 3 heterocycles. The first-order chi connectivity index (χ1) is 14.7. The van der Waals surface area contributed by atoms with Gasteiger partial charge in [-0.05, 0) is 49.1 Å². The molecule has 0 radical (unpaired) electrons. The minimum absolute atomic E-state index is 0.0557. The molecule has 3 aliphatic rings. The third kappa shape index (κ3) is 4.79. The average Bonchev–Trinajstić information content (AvgIpc) is 3.47. The topological polar surface area (TPSA) is 92.8 Å². The van der Waals surface area contributed by atoms with Crippen molar-refractivity contribution >= 4 is 17.5 Å². The molecule has 2 aliphatic heterocycles. The molecule has 2 N–H and O–H groups in total. The smallest absolute Gasteiger partial charge is 0.270 e. The van der Waals surface area contributed by atoms with Crippen LogP contribution in [-0.4, -0.2) is 61.8 Å². The van der Waals surface area contributed by atoms with Gasteiger partial charge in [0.25, 0.3) is 5.91 Å². The zero-order valence-corrected chi connectivity index (χ0v) is 19.0. The van der Waals surface area contributed by atoms with Gasteiger partial charge in [-0.25, -0.2) is 4.98 Å². The van der Waals surface area contributed by atoms with Crippen molar-refractivity contribution < 1.29 is 19.1 Å². The van der Waals surface area contributed by atoms with Gasteiger partial charge < -0.3 is 25.0 Å². The van der Waals surface area contributed by atoms with Crippen LogP contribution in [0.2, 0.25) is 0 Å². The van der Waals surface area contributed by atoms with Crippen molar-refractivity contribution in [1.29, 1.82) is 0 Å². The molecule has 0 bridgehead atoms. The Labute approximate surface area is 184 Å². The number of rotatable bonds is 8. The van der Waals surface area contributed by atoms with Crippen LogP contribution in [0, 0.1) is 11.3 Å². The maximum Gasteiger partial charge on any atom is 0.270 e. The minimum atomic E-state index is -0.624. The quantitative estimate of drug-likeness (QED) is 0.656. The van der Waals surface area contributed by atoms with E-state index in [1.165, 1.54) is 12.8 Å². The lowest BCUT2D eigenvalue weighted by Gasteiger charge is -2.58. The van der Waals surface area contributed by atoms with Gasteiger partial charge in [0.15, 0.2) is 0 Å². The molecule has 0 aromatic carbocycles. The SMILES string of the molecule is CNC(=O)[C@H](CC(C)(C)C)NC(=O)c1ccc(N2CCC23COC3)c(OCC2CC2)n1. The average molecular weight is 431 g/mol. The van der Waals surface area contributed by atoms with Crippen molar-refractivity contribution in [3.63, 3.8) is 0 Å². The number of nitrogens with zero attached hydrogens (tertiary/aromatic N) is 2. The molecule has 1 atom stereocenters. The third-order valence-electron chi connectivity index (χ3n) is 6.32. The summed E-state index contributed by atoms with van der Waals surface area (Å²) in [6.07, 6.45) is 3.98. The minimum Gasteiger partial charge on any atom is -0.476 e. The van der Waals surface area contributed by atoms with E-state index in [0.717, 1.165) is 31.9 Å². The highest BCUT2D eigenvalue weighted by molar-refractivity contribution is 5.96. The van der Waals surface area contributed by atoms with E-state index in [1.807, 2.05) is 26.8 Å². The molecule has 170 valence electrons. The first kappa shape index (κ1) is 21.9. The summed E-state index contributed by atoms with van der Waals surface area (Å²) >= 11 is 0. The number of carbonyl (C=O) groups is 2. The molecule has 1 saturated carbocycles. The molecule has 31 heavy (non-hydrogen) atoms. The highest BCUT2D eigenvalue weighted by atomic mass is 16.5. The van der Waals surface area contributed by atoms with E-state index in [1.54, 1.807) is 13.1 Å². The number of likely N-dealkylation sites (N-methyl/N-ethyl adjacent to an activating group) is 1. The standard InChI is InChI=1S/C23H34N4O4/c1-22(2,3)11-17(19(28)24-4)25-20(29)16-7-8-18(21(26-16)31-12-15-5-6-15)27-10-9-23(27)13-30-14-23/h7-8,15,17H,5-6,9-14H2,1-4H3,(H,24,28)(H,25,29)/t17-/m0/s1. The van der Waals surface area contributed by atoms with Gasteiger partial charge in [0.05, 0.1) is 25.4 Å². The highest BCUT2D eigenvalue weighted by Crippen LogP contribution is 2.44. The second kappa shape index (κ2) is 8.30. The summed E-state index contributed by atoms with van der Waals surface area (Å²) in [7, 11) is 1.58. The van der Waals surface area contributed by atoms with Crippen molar-refractivity contribution in [1.82, 2.24) is 15.6 Å². The van der Waals surface area contributed by atoms with E-state index in [0.29, 0.717) is 24.8 Å². The second-order valence-corrected chi connectivity index (χ2v) is 10.3. The maximum atomic E-state index is 13.0. The Balaban J connectivity index is 1.53. The highest BCUT2D eigenvalue weighted by Gasteiger charge is 2.51. The van der Waals surface area contributed by atoms with Crippen LogP contribution in [0.4, 0.5) is 5.69 Å². The van der Waals surface area contributed by atoms with Crippen LogP contribution in [0.5, 0.6) is 5.88 Å². The lowest BCUT2D eigenvalue weighted by Crippen LogP contribution is -2.71. The number of pyridine rings is 1. The van der Waals surface area contributed by atoms with Gasteiger partial charge >= 0.3 is 0 Å². The summed E-state index contributed by atoms with van der Waals surface area (Å²) in [5.41, 5.74) is 1.12. The Morgan fingerprint density at radius 1 is 1.32 bits per heavy atom. The number of anilines is 1. The number of ether oxygens (including phenoxy) is 2. The Hall–Kier alpha value is -2.35. The predicted octanol–water partition coefficient (Wildman–Crippen LogP) is 2.13. The zero-order chi connectivity index (χ0) is 22.2. The fraction of sp³-hybridized carbons (Fsp3) is 0.696. The monoisotopic (exact) mass is 430 g/mol. The Bertz CT molecular complexity index is 837. The number of hydrogen-bond donors (Lipinski definition) is 2. The van der Waals surface area contributed by atoms with Crippen molar-refractivity contribution in [2.24, 2.45) is 11.3 Å². The summed E-state index contributed by atoms with van der Waals surface area (Å²) in [6, 6.07) is 3.01. The first-order valence-corrected chi connectivity index (χ1v) is 11.2. The molecule has 8 nitrogen and oxygen atoms in total. The molecule has 1 spiro atoms. The normalized spacial score (nSPS) is 20.5. The van der Waals surface area contributed by atoms with Crippen LogP contribution in [0.15, 0.2) is 12.1 Å². The molecule has 2 saturated heterocycles. The Kier molecular flexibility index (Phi) is 5.85. The Morgan fingerprint density at radius 3 is 2.58 bits per heavy atom. The molecule has 4 rings (SSSR count). The van der Waals surface area contributed by atoms with Crippen LogP contribution in [0.1, 0.15) is 56.9 Å². The fourth-order valence-electron chi connectivity index (χ4n) is 4.13. The van der Waals surface area contributed by atoms with Crippen molar-refractivity contribution in [2.75, 3.05) is 38.3 Å². The summed E-state index contributed by atoms with van der Waals surface area (Å²) < 4.78 is 11.5. The van der Waals surface area contributed by atoms with Crippen LogP contribution in [0.3, 0.4) is 0 Å². The molecule has 1 aromatic heterocycles. The van der Waals surface area contributed by atoms with Crippen molar-refractivity contribution in [2.45, 2.75) is 58.0 Å². The summed E-state index contributed by atoms with van der Waals surface area (Å²) in [5.74, 6) is 0.496. The van der Waals surface area contributed by atoms with Crippen LogP contribution >= 0.6 is 0 Å². The van der Waals surface area contributed by atoms with E-state index in [-0.39, 0.29) is 28.5 Å². The van der Waals surface area contributed by atoms with E-state index >= 15 is 0 Å². The molecule has 0 unspecified atom stereocenters. The van der Waals surface area contributed by atoms with Gasteiger partial charge in [-0.15, -0.1) is 0 Å². The summed E-state index contributed by atoms with van der Waals surface area (Å²) in [5, 5.41) is 5.50. The second-order valence-electron chi connectivity index (χ2n) is 10.3. The molecular weight excluding hydrogens is 396 g/mol. The van der Waals surface area contributed by atoms with Gasteiger partial charge in [-0.3, -0.25) is 9.59 Å². The number of nitrogens with one attached hydrogen (secondary N) is 2. The molecule has 2 amide bonds. The lowest BCUT2D eigenvalue weighted by molar-refractivity contribution is -0.123. The van der Waals surface area contributed by atoms with Gasteiger partial charge in [0, 0.05) is 13.6 Å². The molecule has 3 fully saturated rings. The number of amides is 2.